The van der Waals surface area contributed by atoms with Crippen molar-refractivity contribution < 1.29 is 0 Å². The molecule has 0 unspecified atom stereocenters. The van der Waals surface area contributed by atoms with Crippen LogP contribution in [0, 0.1) is 0 Å². The number of nitrogens with one attached hydrogen (secondary N) is 1. The van der Waals surface area contributed by atoms with E-state index < -0.39 is 0 Å². The van der Waals surface area contributed by atoms with Crippen LogP contribution in [0.5, 0.6) is 0 Å². The van der Waals surface area contributed by atoms with Crippen LogP contribution < -0.4 is 17.0 Å². The van der Waals surface area contributed by atoms with Gasteiger partial charge in [0.05, 0.1) is 6.54 Å². The minimum Gasteiger partial charge on any atom is -0.300 e. The van der Waals surface area contributed by atoms with Crippen LogP contribution in [0.15, 0.2) is 11.0 Å². The summed E-state index contributed by atoms with van der Waals surface area (Å²) in [6, 6.07) is 0. The second kappa shape index (κ2) is 4.54. The van der Waals surface area contributed by atoms with Gasteiger partial charge in [-0.1, -0.05) is 11.3 Å². The second-order valence-electron chi connectivity index (χ2n) is 4.24. The minimum atomic E-state index is -0.0274. The highest BCUT2D eigenvalue weighted by Crippen LogP contribution is 2.17. The first-order chi connectivity index (χ1) is 8.78. The van der Waals surface area contributed by atoms with Gasteiger partial charge in [0.25, 0.3) is 0 Å². The molecule has 8 heteroatoms. The molecule has 3 N–H and O–H groups in total. The molecule has 0 saturated carbocycles. The third-order valence-corrected chi connectivity index (χ3v) is 3.93. The number of nitrogens with two attached hydrogens (primary N) is 1. The quantitative estimate of drug-likeness (QED) is 0.610. The summed E-state index contributed by atoms with van der Waals surface area (Å²) in [6.07, 6.45) is 4.77. The normalized spacial score (nSPS) is 14.5. The van der Waals surface area contributed by atoms with Crippen LogP contribution in [0.25, 0.3) is 0 Å². The maximum Gasteiger partial charge on any atom is 0.346 e. The lowest BCUT2D eigenvalue weighted by molar-refractivity contribution is 0.511. The zero-order chi connectivity index (χ0) is 12.5. The van der Waals surface area contributed by atoms with Gasteiger partial charge in [-0.2, -0.15) is 5.10 Å². The molecule has 96 valence electrons. The van der Waals surface area contributed by atoms with Crippen LogP contribution in [0.1, 0.15) is 23.5 Å². The number of nitrogen functional groups attached to an aromatic ring is 1. The Morgan fingerprint density at radius 1 is 1.50 bits per heavy atom. The van der Waals surface area contributed by atoms with E-state index >= 15 is 0 Å². The monoisotopic (exact) mass is 266 g/mol. The second-order valence-corrected chi connectivity index (χ2v) is 5.36. The Hall–Kier alpha value is -1.67. The molecule has 1 aliphatic rings. The van der Waals surface area contributed by atoms with Gasteiger partial charge in [-0.25, -0.2) is 20.3 Å². The molecule has 0 amide bonds. The van der Waals surface area contributed by atoms with Crippen molar-refractivity contribution in [3.8, 4) is 0 Å². The van der Waals surface area contributed by atoms with Crippen molar-refractivity contribution in [3.63, 3.8) is 0 Å². The molecule has 0 aliphatic carbocycles. The molecule has 2 aromatic heterocycles. The Morgan fingerprint density at radius 3 is 3.11 bits per heavy atom. The standard InChI is InChI=1S/C10H14N6OS/c11-13-9-12-5-7(18-9)6-16-10(17)15-4-2-1-3-8(15)14-16/h5H,1-4,6,11H2,(H,12,13). The molecule has 1 aliphatic heterocycles. The summed E-state index contributed by atoms with van der Waals surface area (Å²) in [7, 11) is 0. The molecule has 2 aromatic rings. The number of aromatic nitrogens is 4. The molecule has 0 bridgehead atoms. The summed E-state index contributed by atoms with van der Waals surface area (Å²) in [5.74, 6) is 6.17. The van der Waals surface area contributed by atoms with Crippen molar-refractivity contribution in [2.75, 3.05) is 5.43 Å². The predicted octanol–water partition coefficient (Wildman–Crippen LogP) is 0.171. The molecule has 7 nitrogen and oxygen atoms in total. The van der Waals surface area contributed by atoms with Crippen LogP contribution in [-0.4, -0.2) is 19.3 Å². The number of thiazole rings is 1. The van der Waals surface area contributed by atoms with E-state index in [2.05, 4.69) is 15.5 Å². The van der Waals surface area contributed by atoms with Crippen LogP contribution in [0.3, 0.4) is 0 Å². The van der Waals surface area contributed by atoms with Gasteiger partial charge in [0, 0.05) is 24.0 Å². The maximum atomic E-state index is 12.1. The first-order valence-electron chi connectivity index (χ1n) is 5.86. The van der Waals surface area contributed by atoms with Crippen LogP contribution >= 0.6 is 11.3 Å². The minimum absolute atomic E-state index is 0.0274. The van der Waals surface area contributed by atoms with E-state index in [1.54, 1.807) is 10.8 Å². The smallest absolute Gasteiger partial charge is 0.300 e. The Kier molecular flexibility index (Phi) is 2.88. The highest BCUT2D eigenvalue weighted by Gasteiger charge is 2.17. The van der Waals surface area contributed by atoms with E-state index in [1.165, 1.54) is 16.0 Å². The van der Waals surface area contributed by atoms with Gasteiger partial charge in [0.1, 0.15) is 5.82 Å². The molecule has 0 saturated heterocycles. The number of anilines is 1. The Balaban J connectivity index is 1.88. The zero-order valence-corrected chi connectivity index (χ0v) is 10.6. The number of nitrogens with zero attached hydrogens (tertiary/aromatic N) is 4. The Bertz CT molecular complexity index is 612. The first-order valence-corrected chi connectivity index (χ1v) is 6.67. The molecule has 3 heterocycles. The number of rotatable bonds is 3. The molecule has 0 radical (unpaired) electrons. The lowest BCUT2D eigenvalue weighted by atomic mass is 10.2. The van der Waals surface area contributed by atoms with Crippen molar-refractivity contribution in [1.82, 2.24) is 19.3 Å². The van der Waals surface area contributed by atoms with Gasteiger partial charge < -0.3 is 0 Å². The van der Waals surface area contributed by atoms with Gasteiger partial charge in [-0.05, 0) is 12.8 Å². The topological polar surface area (TPSA) is 90.8 Å². The SMILES string of the molecule is NNc1ncc(Cn2nc3n(c2=O)CCCC3)s1. The van der Waals surface area contributed by atoms with E-state index in [0.29, 0.717) is 11.7 Å². The molecule has 0 atom stereocenters. The maximum absolute atomic E-state index is 12.1. The molecule has 3 rings (SSSR count). The Labute approximate surface area is 107 Å². The molecule has 0 aromatic carbocycles. The summed E-state index contributed by atoms with van der Waals surface area (Å²) >= 11 is 1.43. The van der Waals surface area contributed by atoms with Gasteiger partial charge in [0.15, 0.2) is 5.13 Å². The first kappa shape index (κ1) is 11.4. The number of aryl methyl sites for hydroxylation is 1. The third kappa shape index (κ3) is 1.93. The predicted molar refractivity (Wildman–Crippen MR) is 68.5 cm³/mol. The average Bonchev–Trinajstić information content (AvgIpc) is 2.97. The fourth-order valence-electron chi connectivity index (χ4n) is 2.15. The largest absolute Gasteiger partial charge is 0.346 e. The van der Waals surface area contributed by atoms with E-state index in [9.17, 15) is 4.79 Å². The van der Waals surface area contributed by atoms with Crippen LogP contribution in [0.4, 0.5) is 5.13 Å². The highest BCUT2D eigenvalue weighted by atomic mass is 32.1. The average molecular weight is 266 g/mol. The number of fused-ring (bicyclic) bond motifs is 1. The van der Waals surface area contributed by atoms with Crippen molar-refractivity contribution in [3.05, 3.63) is 27.4 Å². The number of hydrogen-bond donors (Lipinski definition) is 2. The third-order valence-electron chi connectivity index (χ3n) is 3.01. The van der Waals surface area contributed by atoms with Gasteiger partial charge in [0.2, 0.25) is 0 Å². The van der Waals surface area contributed by atoms with E-state index in [4.69, 9.17) is 5.84 Å². The van der Waals surface area contributed by atoms with E-state index in [1.807, 2.05) is 0 Å². The van der Waals surface area contributed by atoms with Crippen LogP contribution in [0.2, 0.25) is 0 Å². The number of hydrogen-bond acceptors (Lipinski definition) is 6. The van der Waals surface area contributed by atoms with Gasteiger partial charge >= 0.3 is 5.69 Å². The zero-order valence-electron chi connectivity index (χ0n) is 9.80. The molecule has 0 spiro atoms. The lowest BCUT2D eigenvalue weighted by Gasteiger charge is -2.09. The van der Waals surface area contributed by atoms with Gasteiger partial charge in [-0.15, -0.1) is 0 Å². The summed E-state index contributed by atoms with van der Waals surface area (Å²) < 4.78 is 3.28. The lowest BCUT2D eigenvalue weighted by Crippen LogP contribution is -2.27. The van der Waals surface area contributed by atoms with Crippen molar-refractivity contribution in [1.29, 1.82) is 0 Å². The summed E-state index contributed by atoms with van der Waals surface area (Å²) in [4.78, 5) is 17.1. The van der Waals surface area contributed by atoms with Gasteiger partial charge in [-0.3, -0.25) is 9.99 Å². The van der Waals surface area contributed by atoms with Crippen molar-refractivity contribution >= 4 is 16.5 Å². The van der Waals surface area contributed by atoms with Crippen molar-refractivity contribution in [2.45, 2.75) is 32.4 Å². The number of hydrazine groups is 1. The van der Waals surface area contributed by atoms with Crippen LogP contribution in [-0.2, 0) is 19.5 Å². The molecule has 0 fully saturated rings. The van der Waals surface area contributed by atoms with E-state index in [0.717, 1.165) is 36.5 Å². The summed E-state index contributed by atoms with van der Waals surface area (Å²) in [5.41, 5.74) is 2.46. The highest BCUT2D eigenvalue weighted by molar-refractivity contribution is 7.15. The summed E-state index contributed by atoms with van der Waals surface area (Å²) in [5, 5.41) is 5.02. The molecular formula is C10H14N6OS. The fraction of sp³-hybridized carbons (Fsp3) is 0.500. The molecule has 18 heavy (non-hydrogen) atoms. The Morgan fingerprint density at radius 2 is 2.39 bits per heavy atom. The van der Waals surface area contributed by atoms with Crippen molar-refractivity contribution in [2.24, 2.45) is 5.84 Å². The summed E-state index contributed by atoms with van der Waals surface area (Å²) in [6.45, 7) is 1.24. The molecular weight excluding hydrogens is 252 g/mol. The fourth-order valence-corrected chi connectivity index (χ4v) is 2.85. The van der Waals surface area contributed by atoms with E-state index in [-0.39, 0.29) is 5.69 Å².